The van der Waals surface area contributed by atoms with Crippen LogP contribution in [0.5, 0.6) is 0 Å². The van der Waals surface area contributed by atoms with Crippen LogP contribution in [-0.4, -0.2) is 39.1 Å². The molecule has 0 aliphatic carbocycles. The van der Waals surface area contributed by atoms with E-state index in [0.717, 1.165) is 19.6 Å². The van der Waals surface area contributed by atoms with Crippen LogP contribution in [-0.2, 0) is 9.47 Å². The molecule has 0 aromatic heterocycles. The van der Waals surface area contributed by atoms with Gasteiger partial charge in [0.05, 0.1) is 19.8 Å². The van der Waals surface area contributed by atoms with Crippen LogP contribution in [0.25, 0.3) is 0 Å². The number of aliphatic hydroxyl groups is 1. The molecular formula is C8H18O3. The van der Waals surface area contributed by atoms with E-state index in [4.69, 9.17) is 9.84 Å². The van der Waals surface area contributed by atoms with Gasteiger partial charge in [0, 0.05) is 19.6 Å². The highest BCUT2D eigenvalue weighted by Crippen LogP contribution is 2.29. The normalized spacial score (nSPS) is 19.6. The van der Waals surface area contributed by atoms with Gasteiger partial charge in [0.15, 0.2) is 0 Å². The third-order valence-corrected chi connectivity index (χ3v) is 1.90. The van der Waals surface area contributed by atoms with Gasteiger partial charge in [0.25, 0.3) is 0 Å². The molecule has 1 N–H and O–H groups in total. The van der Waals surface area contributed by atoms with Gasteiger partial charge in [0.2, 0.25) is 0 Å². The molecule has 0 unspecified atom stereocenters. The number of methoxy groups -OCH3 is 1. The molecule has 1 rings (SSSR count). The second-order valence-electron chi connectivity index (χ2n) is 2.91. The summed E-state index contributed by atoms with van der Waals surface area (Å²) in [5.41, 5.74) is 0.139. The zero-order chi connectivity index (χ0) is 8.74. The highest BCUT2D eigenvalue weighted by molar-refractivity contribution is 4.82. The first-order valence-electron chi connectivity index (χ1n) is 3.83. The molecule has 0 amide bonds. The molecule has 3 nitrogen and oxygen atoms in total. The fourth-order valence-corrected chi connectivity index (χ4v) is 0.798. The molecule has 68 valence electrons. The molecular weight excluding hydrogens is 144 g/mol. The summed E-state index contributed by atoms with van der Waals surface area (Å²) in [6.45, 7) is 3.86. The van der Waals surface area contributed by atoms with Gasteiger partial charge in [0.1, 0.15) is 0 Å². The summed E-state index contributed by atoms with van der Waals surface area (Å²) in [4.78, 5) is 0. The van der Waals surface area contributed by atoms with Crippen LogP contribution in [0, 0.1) is 5.41 Å². The van der Waals surface area contributed by atoms with Crippen molar-refractivity contribution in [3.8, 4) is 0 Å². The third kappa shape index (κ3) is 3.18. The van der Waals surface area contributed by atoms with Crippen LogP contribution in [0.3, 0.4) is 0 Å². The first kappa shape index (κ1) is 10.9. The zero-order valence-electron chi connectivity index (χ0n) is 7.59. The minimum atomic E-state index is 0.139. The van der Waals surface area contributed by atoms with E-state index in [1.807, 2.05) is 0 Å². The van der Waals surface area contributed by atoms with E-state index < -0.39 is 0 Å². The Hall–Kier alpha value is -0.120. The van der Waals surface area contributed by atoms with Crippen molar-refractivity contribution in [3.05, 3.63) is 0 Å². The molecule has 3 heteroatoms. The number of rotatable bonds is 2. The monoisotopic (exact) mass is 162 g/mol. The average Bonchev–Trinajstić information content (AvgIpc) is 1.90. The predicted molar refractivity (Wildman–Crippen MR) is 43.6 cm³/mol. The molecule has 0 atom stereocenters. The minimum Gasteiger partial charge on any atom is -0.396 e. The molecule has 1 saturated heterocycles. The maximum atomic E-state index is 8.76. The second-order valence-corrected chi connectivity index (χ2v) is 2.91. The van der Waals surface area contributed by atoms with Crippen LogP contribution in [0.4, 0.5) is 0 Å². The van der Waals surface area contributed by atoms with Crippen molar-refractivity contribution >= 4 is 0 Å². The quantitative estimate of drug-likeness (QED) is 0.648. The van der Waals surface area contributed by atoms with Gasteiger partial charge in [-0.3, -0.25) is 0 Å². The van der Waals surface area contributed by atoms with Crippen LogP contribution in [0.1, 0.15) is 13.3 Å². The zero-order valence-corrected chi connectivity index (χ0v) is 7.59. The van der Waals surface area contributed by atoms with Crippen molar-refractivity contribution in [3.63, 3.8) is 0 Å². The largest absolute Gasteiger partial charge is 0.396 e. The maximum absolute atomic E-state index is 8.76. The highest BCUT2D eigenvalue weighted by atomic mass is 16.5. The molecule has 11 heavy (non-hydrogen) atoms. The molecule has 0 saturated carbocycles. The summed E-state index contributed by atoms with van der Waals surface area (Å²) in [6, 6.07) is 0. The van der Waals surface area contributed by atoms with Gasteiger partial charge in [-0.2, -0.15) is 0 Å². The lowest BCUT2D eigenvalue weighted by Crippen LogP contribution is -2.44. The third-order valence-electron chi connectivity index (χ3n) is 1.90. The van der Waals surface area contributed by atoms with Crippen molar-refractivity contribution in [2.24, 2.45) is 5.41 Å². The van der Waals surface area contributed by atoms with Crippen molar-refractivity contribution < 1.29 is 14.6 Å². The summed E-state index contributed by atoms with van der Waals surface area (Å²) < 4.78 is 9.21. The lowest BCUT2D eigenvalue weighted by molar-refractivity contribution is -0.138. The Bertz CT molecular complexity index is 75.8. The van der Waals surface area contributed by atoms with Crippen LogP contribution in [0.15, 0.2) is 0 Å². The Balaban J connectivity index is 0.000000292. The van der Waals surface area contributed by atoms with Gasteiger partial charge in [-0.1, -0.05) is 6.92 Å². The molecule has 1 aliphatic heterocycles. The molecule has 0 bridgehead atoms. The molecule has 0 aromatic rings. The number of aliphatic hydroxyl groups excluding tert-OH is 1. The lowest BCUT2D eigenvalue weighted by atomic mass is 9.84. The summed E-state index contributed by atoms with van der Waals surface area (Å²) in [6.07, 6.45) is 1.03. The van der Waals surface area contributed by atoms with Crippen molar-refractivity contribution in [2.45, 2.75) is 13.3 Å². The highest BCUT2D eigenvalue weighted by Gasteiger charge is 2.35. The first-order valence-corrected chi connectivity index (χ1v) is 3.83. The van der Waals surface area contributed by atoms with E-state index in [9.17, 15) is 0 Å². The van der Waals surface area contributed by atoms with E-state index in [-0.39, 0.29) is 12.0 Å². The topological polar surface area (TPSA) is 38.7 Å². The Morgan fingerprint density at radius 3 is 1.91 bits per heavy atom. The van der Waals surface area contributed by atoms with E-state index in [1.54, 1.807) is 14.2 Å². The van der Waals surface area contributed by atoms with Gasteiger partial charge in [-0.25, -0.2) is 0 Å². The van der Waals surface area contributed by atoms with Gasteiger partial charge in [-0.15, -0.1) is 0 Å². The number of hydrogen-bond acceptors (Lipinski definition) is 3. The number of hydrogen-bond donors (Lipinski definition) is 1. The van der Waals surface area contributed by atoms with Crippen molar-refractivity contribution in [2.75, 3.05) is 34.0 Å². The van der Waals surface area contributed by atoms with E-state index in [2.05, 4.69) is 11.7 Å². The first-order chi connectivity index (χ1) is 5.24. The predicted octanol–water partition coefficient (Wildman–Crippen LogP) is 0.668. The molecule has 1 fully saturated rings. The summed E-state index contributed by atoms with van der Waals surface area (Å²) in [5.74, 6) is 0. The van der Waals surface area contributed by atoms with E-state index in [0.29, 0.717) is 0 Å². The average molecular weight is 162 g/mol. The van der Waals surface area contributed by atoms with Crippen molar-refractivity contribution in [1.82, 2.24) is 0 Å². The maximum Gasteiger partial charge on any atom is 0.0566 e. The lowest BCUT2D eigenvalue weighted by Gasteiger charge is -2.38. The van der Waals surface area contributed by atoms with E-state index in [1.165, 1.54) is 0 Å². The summed E-state index contributed by atoms with van der Waals surface area (Å²) in [7, 11) is 3.25. The van der Waals surface area contributed by atoms with Gasteiger partial charge in [-0.05, 0) is 6.42 Å². The van der Waals surface area contributed by atoms with Crippen molar-refractivity contribution in [1.29, 1.82) is 0 Å². The van der Waals surface area contributed by atoms with Gasteiger partial charge >= 0.3 is 0 Å². The van der Waals surface area contributed by atoms with Crippen LogP contribution >= 0.6 is 0 Å². The fourth-order valence-electron chi connectivity index (χ4n) is 0.798. The fraction of sp³-hybridized carbons (Fsp3) is 1.00. The molecule has 0 spiro atoms. The van der Waals surface area contributed by atoms with Crippen LogP contribution < -0.4 is 0 Å². The van der Waals surface area contributed by atoms with Crippen LogP contribution in [0.2, 0.25) is 0 Å². The SMILES string of the molecule is CCC1(CO)COC1.COC. The smallest absolute Gasteiger partial charge is 0.0566 e. The molecule has 1 heterocycles. The Kier molecular flexibility index (Phi) is 5.46. The second kappa shape index (κ2) is 5.52. The Morgan fingerprint density at radius 1 is 1.45 bits per heavy atom. The summed E-state index contributed by atoms with van der Waals surface area (Å²) >= 11 is 0. The minimum absolute atomic E-state index is 0.139. The standard InChI is InChI=1S/C6H12O2.C2H6O/c1-2-6(3-7)4-8-5-6;1-3-2/h7H,2-5H2,1H3;1-2H3. The Labute approximate surface area is 68.3 Å². The van der Waals surface area contributed by atoms with Gasteiger partial charge < -0.3 is 14.6 Å². The summed E-state index contributed by atoms with van der Waals surface area (Å²) in [5, 5.41) is 8.76. The molecule has 0 aromatic carbocycles. The molecule has 0 radical (unpaired) electrons. The molecule has 1 aliphatic rings. The van der Waals surface area contributed by atoms with E-state index >= 15 is 0 Å². The Morgan fingerprint density at radius 2 is 1.91 bits per heavy atom. The number of ether oxygens (including phenoxy) is 2.